The second-order valence-electron chi connectivity index (χ2n) is 4.90. The molecule has 1 aromatic rings. The van der Waals surface area contributed by atoms with Crippen molar-refractivity contribution in [3.63, 3.8) is 0 Å². The minimum absolute atomic E-state index is 0.119. The molecule has 1 saturated carbocycles. The van der Waals surface area contributed by atoms with Crippen molar-refractivity contribution >= 4 is 5.82 Å². The number of hydrogen-bond acceptors (Lipinski definition) is 4. The summed E-state index contributed by atoms with van der Waals surface area (Å²) >= 11 is 0. The summed E-state index contributed by atoms with van der Waals surface area (Å²) in [5, 5.41) is 3.38. The fourth-order valence-electron chi connectivity index (χ4n) is 3.15. The molecule has 2 rings (SSSR count). The summed E-state index contributed by atoms with van der Waals surface area (Å²) in [6.45, 7) is 2.79. The second kappa shape index (κ2) is 5.67. The molecule has 1 fully saturated rings. The number of nitrogens with one attached hydrogen (secondary N) is 1. The summed E-state index contributed by atoms with van der Waals surface area (Å²) in [7, 11) is 1.97. The highest BCUT2D eigenvalue weighted by Gasteiger charge is 2.43. The van der Waals surface area contributed by atoms with Gasteiger partial charge in [0.15, 0.2) is 0 Å². The topological polar surface area (TPSA) is 60.2 Å². The van der Waals surface area contributed by atoms with Crippen molar-refractivity contribution in [2.45, 2.75) is 44.2 Å². The molecule has 3 N–H and O–H groups in total. The molecule has 0 aliphatic heterocycles. The van der Waals surface area contributed by atoms with E-state index in [9.17, 15) is 0 Å². The summed E-state index contributed by atoms with van der Waals surface area (Å²) in [6, 6.07) is 4.10. The molecular formula is C14H23N3O. The summed E-state index contributed by atoms with van der Waals surface area (Å²) in [6.07, 6.45) is 6.34. The van der Waals surface area contributed by atoms with Gasteiger partial charge in [0.1, 0.15) is 5.82 Å². The lowest BCUT2D eigenvalue weighted by atomic mass is 9.87. The lowest BCUT2D eigenvalue weighted by molar-refractivity contribution is -0.0609. The van der Waals surface area contributed by atoms with Gasteiger partial charge in [-0.1, -0.05) is 18.9 Å². The van der Waals surface area contributed by atoms with Crippen LogP contribution < -0.4 is 11.1 Å². The standard InChI is InChI=1S/C14H23N3O/c1-3-18-14(8-4-5-9-14)12(16-2)11-7-6-10-17-13(11)15/h6-7,10,12,16H,3-5,8-9H2,1-2H3,(H2,15,17). The molecule has 0 amide bonds. The van der Waals surface area contributed by atoms with Crippen LogP contribution in [0.15, 0.2) is 18.3 Å². The number of nitrogens with zero attached hydrogens (tertiary/aromatic N) is 1. The van der Waals surface area contributed by atoms with E-state index < -0.39 is 0 Å². The van der Waals surface area contributed by atoms with E-state index in [-0.39, 0.29) is 11.6 Å². The van der Waals surface area contributed by atoms with Crippen LogP contribution in [-0.4, -0.2) is 24.2 Å². The average molecular weight is 249 g/mol. The van der Waals surface area contributed by atoms with E-state index in [1.807, 2.05) is 19.2 Å². The Hall–Kier alpha value is -1.13. The van der Waals surface area contributed by atoms with Crippen LogP contribution in [0.3, 0.4) is 0 Å². The molecule has 4 heteroatoms. The van der Waals surface area contributed by atoms with Gasteiger partial charge in [-0.25, -0.2) is 4.98 Å². The first-order chi connectivity index (χ1) is 8.73. The molecule has 0 bridgehead atoms. The first-order valence-corrected chi connectivity index (χ1v) is 6.75. The number of pyridine rings is 1. The van der Waals surface area contributed by atoms with Gasteiger partial charge in [0.05, 0.1) is 11.6 Å². The lowest BCUT2D eigenvalue weighted by Crippen LogP contribution is -2.43. The Morgan fingerprint density at radius 1 is 1.50 bits per heavy atom. The summed E-state index contributed by atoms with van der Waals surface area (Å²) in [5.41, 5.74) is 6.94. The number of nitrogens with two attached hydrogens (primary N) is 1. The normalized spacial score (nSPS) is 19.9. The van der Waals surface area contributed by atoms with Gasteiger partial charge in [-0.3, -0.25) is 0 Å². The predicted octanol–water partition coefficient (Wildman–Crippen LogP) is 2.27. The highest BCUT2D eigenvalue weighted by Crippen LogP contribution is 2.43. The van der Waals surface area contributed by atoms with E-state index >= 15 is 0 Å². The fourth-order valence-corrected chi connectivity index (χ4v) is 3.15. The van der Waals surface area contributed by atoms with Gasteiger partial charge >= 0.3 is 0 Å². The number of anilines is 1. The van der Waals surface area contributed by atoms with E-state index in [1.165, 1.54) is 12.8 Å². The Balaban J connectivity index is 2.34. The van der Waals surface area contributed by atoms with Crippen LogP contribution in [0, 0.1) is 0 Å². The Morgan fingerprint density at radius 2 is 2.22 bits per heavy atom. The number of hydrogen-bond donors (Lipinski definition) is 2. The van der Waals surface area contributed by atoms with Gasteiger partial charge in [-0.15, -0.1) is 0 Å². The smallest absolute Gasteiger partial charge is 0.128 e. The first kappa shape index (κ1) is 13.3. The van der Waals surface area contributed by atoms with E-state index in [0.29, 0.717) is 5.82 Å². The van der Waals surface area contributed by atoms with E-state index in [2.05, 4.69) is 17.2 Å². The Labute approximate surface area is 109 Å². The molecule has 1 unspecified atom stereocenters. The van der Waals surface area contributed by atoms with Crippen LogP contribution in [0.5, 0.6) is 0 Å². The summed E-state index contributed by atoms with van der Waals surface area (Å²) in [4.78, 5) is 4.19. The molecule has 100 valence electrons. The number of ether oxygens (including phenoxy) is 1. The van der Waals surface area contributed by atoms with Crippen LogP contribution in [0.25, 0.3) is 0 Å². The molecule has 0 spiro atoms. The molecular weight excluding hydrogens is 226 g/mol. The van der Waals surface area contributed by atoms with Crippen LogP contribution >= 0.6 is 0 Å². The molecule has 0 radical (unpaired) electrons. The molecule has 1 heterocycles. The maximum atomic E-state index is 6.11. The van der Waals surface area contributed by atoms with Crippen molar-refractivity contribution in [3.8, 4) is 0 Å². The molecule has 0 aromatic carbocycles. The van der Waals surface area contributed by atoms with E-state index in [0.717, 1.165) is 25.0 Å². The second-order valence-corrected chi connectivity index (χ2v) is 4.90. The molecule has 0 saturated heterocycles. The molecule has 1 atom stereocenters. The van der Waals surface area contributed by atoms with E-state index in [4.69, 9.17) is 10.5 Å². The maximum Gasteiger partial charge on any atom is 0.128 e. The van der Waals surface area contributed by atoms with Crippen molar-refractivity contribution < 1.29 is 4.74 Å². The number of aromatic nitrogens is 1. The van der Waals surface area contributed by atoms with Gasteiger partial charge in [0.25, 0.3) is 0 Å². The number of nitrogen functional groups attached to an aromatic ring is 1. The van der Waals surface area contributed by atoms with Crippen molar-refractivity contribution in [2.24, 2.45) is 0 Å². The van der Waals surface area contributed by atoms with Crippen molar-refractivity contribution in [1.29, 1.82) is 0 Å². The minimum atomic E-state index is -0.124. The highest BCUT2D eigenvalue weighted by molar-refractivity contribution is 5.42. The van der Waals surface area contributed by atoms with Crippen molar-refractivity contribution in [2.75, 3.05) is 19.4 Å². The van der Waals surface area contributed by atoms with Crippen molar-refractivity contribution in [1.82, 2.24) is 10.3 Å². The molecule has 1 aromatic heterocycles. The lowest BCUT2D eigenvalue weighted by Gasteiger charge is -2.37. The first-order valence-electron chi connectivity index (χ1n) is 6.75. The molecule has 4 nitrogen and oxygen atoms in total. The van der Waals surface area contributed by atoms with Gasteiger partial charge in [0, 0.05) is 18.4 Å². The SMILES string of the molecule is CCOC1(C(NC)c2cccnc2N)CCCC1. The Morgan fingerprint density at radius 3 is 2.78 bits per heavy atom. The van der Waals surface area contributed by atoms with Crippen molar-refractivity contribution in [3.05, 3.63) is 23.9 Å². The maximum absolute atomic E-state index is 6.11. The van der Waals surface area contributed by atoms with E-state index in [1.54, 1.807) is 6.20 Å². The van der Waals surface area contributed by atoms with Crippen LogP contribution in [0.2, 0.25) is 0 Å². The van der Waals surface area contributed by atoms with Crippen LogP contribution in [-0.2, 0) is 4.74 Å². The Bertz CT molecular complexity index is 388. The largest absolute Gasteiger partial charge is 0.383 e. The predicted molar refractivity (Wildman–Crippen MR) is 73.3 cm³/mol. The quantitative estimate of drug-likeness (QED) is 0.840. The molecule has 1 aliphatic carbocycles. The third-order valence-corrected chi connectivity index (χ3v) is 3.88. The zero-order chi connectivity index (χ0) is 13.0. The third-order valence-electron chi connectivity index (χ3n) is 3.88. The number of likely N-dealkylation sites (N-methyl/N-ethyl adjacent to an activating group) is 1. The zero-order valence-corrected chi connectivity index (χ0v) is 11.3. The minimum Gasteiger partial charge on any atom is -0.383 e. The Kier molecular flexibility index (Phi) is 4.19. The molecule has 18 heavy (non-hydrogen) atoms. The molecule has 1 aliphatic rings. The fraction of sp³-hybridized carbons (Fsp3) is 0.643. The third kappa shape index (κ3) is 2.35. The van der Waals surface area contributed by atoms with Gasteiger partial charge in [-0.05, 0) is 32.9 Å². The average Bonchev–Trinajstić information content (AvgIpc) is 2.82. The zero-order valence-electron chi connectivity index (χ0n) is 11.3. The van der Waals surface area contributed by atoms with Crippen LogP contribution in [0.1, 0.15) is 44.2 Å². The summed E-state index contributed by atoms with van der Waals surface area (Å²) in [5.74, 6) is 0.600. The number of rotatable bonds is 5. The monoisotopic (exact) mass is 249 g/mol. The highest BCUT2D eigenvalue weighted by atomic mass is 16.5. The van der Waals surface area contributed by atoms with Crippen LogP contribution in [0.4, 0.5) is 5.82 Å². The van der Waals surface area contributed by atoms with Gasteiger partial charge in [-0.2, -0.15) is 0 Å². The van der Waals surface area contributed by atoms with Gasteiger partial charge in [0.2, 0.25) is 0 Å². The summed E-state index contributed by atoms with van der Waals surface area (Å²) < 4.78 is 6.11. The van der Waals surface area contributed by atoms with Gasteiger partial charge < -0.3 is 15.8 Å².